The molecule has 1 heterocycles. The highest BCUT2D eigenvalue weighted by Gasteiger charge is 2.29. The standard InChI is InChI=1S/C24H25BrClN5O2/c1-14-22(29-13-28-14)12-27-20-10-16(9-17(25)11-20)23(32)31-21(24(33)30-19-6-7-19)8-15-2-4-18(26)5-3-15/h2-5,9-11,13,19,21,27H,6-8,12H2,1H3,(H,28,29)(H,30,33)(H,31,32)/t21-/m1/s1. The number of carbonyl (C=O) groups is 2. The third kappa shape index (κ3) is 6.58. The number of aromatic amines is 1. The van der Waals surface area contributed by atoms with Gasteiger partial charge in [0.25, 0.3) is 5.91 Å². The van der Waals surface area contributed by atoms with Crippen LogP contribution in [0.1, 0.15) is 40.2 Å². The summed E-state index contributed by atoms with van der Waals surface area (Å²) in [6.07, 6.45) is 3.98. The van der Waals surface area contributed by atoms with Gasteiger partial charge in [-0.1, -0.05) is 39.7 Å². The second kappa shape index (κ2) is 10.4. The van der Waals surface area contributed by atoms with Crippen LogP contribution in [0.4, 0.5) is 5.69 Å². The Morgan fingerprint density at radius 3 is 2.64 bits per heavy atom. The molecule has 7 nitrogen and oxygen atoms in total. The summed E-state index contributed by atoms with van der Waals surface area (Å²) in [5.41, 5.74) is 4.03. The number of aromatic nitrogens is 2. The molecule has 0 saturated heterocycles. The molecule has 2 amide bonds. The van der Waals surface area contributed by atoms with Gasteiger partial charge in [0.2, 0.25) is 5.91 Å². The van der Waals surface area contributed by atoms with Gasteiger partial charge < -0.3 is 20.9 Å². The molecule has 1 aliphatic rings. The first-order valence-corrected chi connectivity index (χ1v) is 11.9. The van der Waals surface area contributed by atoms with E-state index in [0.717, 1.165) is 40.0 Å². The van der Waals surface area contributed by atoms with Crippen LogP contribution < -0.4 is 16.0 Å². The Morgan fingerprint density at radius 1 is 1.21 bits per heavy atom. The average molecular weight is 531 g/mol. The van der Waals surface area contributed by atoms with Gasteiger partial charge in [-0.15, -0.1) is 0 Å². The molecule has 2 aromatic carbocycles. The van der Waals surface area contributed by atoms with E-state index in [1.54, 1.807) is 30.6 Å². The first kappa shape index (κ1) is 23.3. The quantitative estimate of drug-likeness (QED) is 0.330. The number of anilines is 1. The van der Waals surface area contributed by atoms with E-state index in [0.29, 0.717) is 23.6 Å². The van der Waals surface area contributed by atoms with E-state index in [2.05, 4.69) is 41.8 Å². The van der Waals surface area contributed by atoms with E-state index in [-0.39, 0.29) is 17.9 Å². The van der Waals surface area contributed by atoms with Crippen molar-refractivity contribution in [3.05, 3.63) is 80.8 Å². The molecule has 4 rings (SSSR count). The smallest absolute Gasteiger partial charge is 0.252 e. The molecule has 0 spiro atoms. The van der Waals surface area contributed by atoms with Crippen molar-refractivity contribution in [2.24, 2.45) is 0 Å². The minimum absolute atomic E-state index is 0.178. The van der Waals surface area contributed by atoms with Gasteiger partial charge in [0.15, 0.2) is 0 Å². The zero-order valence-corrected chi connectivity index (χ0v) is 20.5. The molecule has 0 radical (unpaired) electrons. The van der Waals surface area contributed by atoms with E-state index in [1.807, 2.05) is 25.1 Å². The summed E-state index contributed by atoms with van der Waals surface area (Å²) in [7, 11) is 0. The number of hydrogen-bond acceptors (Lipinski definition) is 4. The number of aryl methyl sites for hydroxylation is 1. The number of nitrogens with zero attached hydrogens (tertiary/aromatic N) is 1. The maximum absolute atomic E-state index is 13.1. The fourth-order valence-corrected chi connectivity index (χ4v) is 4.03. The summed E-state index contributed by atoms with van der Waals surface area (Å²) in [4.78, 5) is 33.3. The van der Waals surface area contributed by atoms with Crippen molar-refractivity contribution in [1.82, 2.24) is 20.6 Å². The van der Waals surface area contributed by atoms with Crippen LogP contribution in [0.3, 0.4) is 0 Å². The Kier molecular flexibility index (Phi) is 7.35. The largest absolute Gasteiger partial charge is 0.379 e. The van der Waals surface area contributed by atoms with Gasteiger partial charge >= 0.3 is 0 Å². The van der Waals surface area contributed by atoms with E-state index < -0.39 is 6.04 Å². The number of hydrogen-bond donors (Lipinski definition) is 4. The fourth-order valence-electron chi connectivity index (χ4n) is 3.41. The molecule has 0 aliphatic heterocycles. The summed E-state index contributed by atoms with van der Waals surface area (Å²) in [5, 5.41) is 9.83. The van der Waals surface area contributed by atoms with Gasteiger partial charge in [-0.05, 0) is 55.7 Å². The molecular weight excluding hydrogens is 506 g/mol. The number of carbonyl (C=O) groups excluding carboxylic acids is 2. The maximum atomic E-state index is 13.1. The van der Waals surface area contributed by atoms with E-state index in [4.69, 9.17) is 11.6 Å². The second-order valence-electron chi connectivity index (χ2n) is 8.20. The Balaban J connectivity index is 1.47. The van der Waals surface area contributed by atoms with Crippen molar-refractivity contribution in [1.29, 1.82) is 0 Å². The summed E-state index contributed by atoms with van der Waals surface area (Å²) in [6, 6.07) is 12.2. The van der Waals surface area contributed by atoms with Crippen LogP contribution in [0.25, 0.3) is 0 Å². The van der Waals surface area contributed by atoms with Gasteiger partial charge in [-0.3, -0.25) is 9.59 Å². The average Bonchev–Trinajstić information content (AvgIpc) is 3.51. The molecule has 1 saturated carbocycles. The molecule has 172 valence electrons. The minimum Gasteiger partial charge on any atom is -0.379 e. The molecule has 9 heteroatoms. The minimum atomic E-state index is -0.693. The van der Waals surface area contributed by atoms with E-state index >= 15 is 0 Å². The zero-order chi connectivity index (χ0) is 23.4. The number of nitrogens with one attached hydrogen (secondary N) is 4. The molecule has 0 bridgehead atoms. The molecule has 0 unspecified atom stereocenters. The summed E-state index contributed by atoms with van der Waals surface area (Å²) in [6.45, 7) is 2.48. The van der Waals surface area contributed by atoms with Crippen molar-refractivity contribution in [3.8, 4) is 0 Å². The first-order valence-electron chi connectivity index (χ1n) is 10.8. The monoisotopic (exact) mass is 529 g/mol. The lowest BCUT2D eigenvalue weighted by atomic mass is 10.0. The predicted molar refractivity (Wildman–Crippen MR) is 132 cm³/mol. The normalized spacial score (nSPS) is 13.9. The fraction of sp³-hybridized carbons (Fsp3) is 0.292. The van der Waals surface area contributed by atoms with Crippen molar-refractivity contribution in [3.63, 3.8) is 0 Å². The number of benzene rings is 2. The Morgan fingerprint density at radius 2 is 1.97 bits per heavy atom. The molecule has 4 N–H and O–H groups in total. The highest BCUT2D eigenvalue weighted by Crippen LogP contribution is 2.22. The zero-order valence-electron chi connectivity index (χ0n) is 18.1. The van der Waals surface area contributed by atoms with Crippen LogP contribution in [-0.4, -0.2) is 33.9 Å². The van der Waals surface area contributed by atoms with Crippen molar-refractivity contribution >= 4 is 45.0 Å². The number of amides is 2. The van der Waals surface area contributed by atoms with Crippen molar-refractivity contribution in [2.45, 2.75) is 44.8 Å². The highest BCUT2D eigenvalue weighted by molar-refractivity contribution is 9.10. The van der Waals surface area contributed by atoms with Crippen molar-refractivity contribution < 1.29 is 9.59 Å². The summed E-state index contributed by atoms with van der Waals surface area (Å²) in [5.74, 6) is -0.497. The van der Waals surface area contributed by atoms with Gasteiger partial charge in [0.1, 0.15) is 6.04 Å². The number of rotatable bonds is 9. The van der Waals surface area contributed by atoms with Crippen LogP contribution in [-0.2, 0) is 17.8 Å². The lowest BCUT2D eigenvalue weighted by molar-refractivity contribution is -0.123. The van der Waals surface area contributed by atoms with Crippen LogP contribution in [0.5, 0.6) is 0 Å². The molecule has 1 atom stereocenters. The Labute approximate surface area is 205 Å². The molecule has 1 aromatic heterocycles. The van der Waals surface area contributed by atoms with Gasteiger partial charge in [-0.2, -0.15) is 0 Å². The second-order valence-corrected chi connectivity index (χ2v) is 9.55. The van der Waals surface area contributed by atoms with E-state index in [9.17, 15) is 9.59 Å². The highest BCUT2D eigenvalue weighted by atomic mass is 79.9. The molecule has 3 aromatic rings. The molecule has 33 heavy (non-hydrogen) atoms. The molecule has 1 fully saturated rings. The van der Waals surface area contributed by atoms with Gasteiger partial charge in [-0.25, -0.2) is 4.98 Å². The van der Waals surface area contributed by atoms with E-state index in [1.165, 1.54) is 0 Å². The van der Waals surface area contributed by atoms with Gasteiger partial charge in [0.05, 0.1) is 18.6 Å². The Hall–Kier alpha value is -2.84. The third-order valence-electron chi connectivity index (χ3n) is 5.45. The lowest BCUT2D eigenvalue weighted by Crippen LogP contribution is -2.48. The molecule has 1 aliphatic carbocycles. The maximum Gasteiger partial charge on any atom is 0.252 e. The SMILES string of the molecule is Cc1[nH]cnc1CNc1cc(Br)cc(C(=O)N[C@H](Cc2ccc(Cl)cc2)C(=O)NC2CC2)c1. The van der Waals surface area contributed by atoms with Crippen LogP contribution in [0, 0.1) is 6.92 Å². The third-order valence-corrected chi connectivity index (χ3v) is 6.16. The van der Waals surface area contributed by atoms with Crippen LogP contribution in [0.2, 0.25) is 5.02 Å². The summed E-state index contributed by atoms with van der Waals surface area (Å²) >= 11 is 9.46. The van der Waals surface area contributed by atoms with Crippen molar-refractivity contribution in [2.75, 3.05) is 5.32 Å². The van der Waals surface area contributed by atoms with Gasteiger partial charge in [0, 0.05) is 38.9 Å². The van der Waals surface area contributed by atoms with Crippen LogP contribution in [0.15, 0.2) is 53.3 Å². The predicted octanol–water partition coefficient (Wildman–Crippen LogP) is 4.37. The first-order chi connectivity index (χ1) is 15.9. The Bertz CT molecular complexity index is 1140. The molecular formula is C24H25BrClN5O2. The number of halogens is 2. The topological polar surface area (TPSA) is 98.9 Å². The van der Waals surface area contributed by atoms with Crippen LogP contribution >= 0.6 is 27.5 Å². The lowest BCUT2D eigenvalue weighted by Gasteiger charge is -2.19. The summed E-state index contributed by atoms with van der Waals surface area (Å²) < 4.78 is 0.757. The number of imidazole rings is 1. The number of H-pyrrole nitrogens is 1.